The largest absolute Gasteiger partial charge is 0.416 e. The Bertz CT molecular complexity index is 611. The Kier molecular flexibility index (Phi) is 4.79. The molecule has 2 rings (SSSR count). The zero-order chi connectivity index (χ0) is 16.2. The van der Waals surface area contributed by atoms with Crippen molar-refractivity contribution in [1.82, 2.24) is 15.2 Å². The van der Waals surface area contributed by atoms with Gasteiger partial charge in [-0.3, -0.25) is 0 Å². The molecule has 1 aromatic heterocycles. The lowest BCUT2D eigenvalue weighted by Gasteiger charge is -2.10. The normalized spacial score (nSPS) is 11.5. The molecule has 0 saturated heterocycles. The van der Waals surface area contributed by atoms with Crippen molar-refractivity contribution < 1.29 is 13.2 Å². The van der Waals surface area contributed by atoms with Gasteiger partial charge in [-0.15, -0.1) is 5.10 Å². The van der Waals surface area contributed by atoms with Crippen LogP contribution in [0.5, 0.6) is 0 Å². The van der Waals surface area contributed by atoms with E-state index in [1.807, 2.05) is 13.8 Å². The summed E-state index contributed by atoms with van der Waals surface area (Å²) in [5, 5.41) is 13.6. The van der Waals surface area contributed by atoms with Crippen LogP contribution >= 0.6 is 0 Å². The van der Waals surface area contributed by atoms with Gasteiger partial charge in [-0.05, 0) is 30.2 Å². The van der Waals surface area contributed by atoms with E-state index < -0.39 is 11.7 Å². The van der Waals surface area contributed by atoms with E-state index in [4.69, 9.17) is 0 Å². The fraction of sp³-hybridized carbons (Fsp3) is 0.357. The summed E-state index contributed by atoms with van der Waals surface area (Å²) in [6.45, 7) is 4.79. The standard InChI is InChI=1S/C14H16F3N5/c1-9(2)7-18-13-21-12(8-19-22-13)20-11-5-3-10(4-6-11)14(15,16)17/h3-6,8-9H,7H2,1-2H3,(H2,18,20,21,22). The lowest BCUT2D eigenvalue weighted by atomic mass is 10.2. The van der Waals surface area contributed by atoms with Crippen molar-refractivity contribution in [3.63, 3.8) is 0 Å². The highest BCUT2D eigenvalue weighted by Crippen LogP contribution is 2.30. The highest BCUT2D eigenvalue weighted by molar-refractivity contribution is 5.56. The first-order valence-electron chi connectivity index (χ1n) is 6.72. The summed E-state index contributed by atoms with van der Waals surface area (Å²) in [7, 11) is 0. The van der Waals surface area contributed by atoms with E-state index in [9.17, 15) is 13.2 Å². The maximum Gasteiger partial charge on any atom is 0.416 e. The number of halogens is 3. The van der Waals surface area contributed by atoms with Crippen LogP contribution in [0.15, 0.2) is 30.5 Å². The summed E-state index contributed by atoms with van der Waals surface area (Å²) in [4.78, 5) is 4.19. The number of aromatic nitrogens is 3. The van der Waals surface area contributed by atoms with Crippen molar-refractivity contribution in [2.24, 2.45) is 5.92 Å². The summed E-state index contributed by atoms with van der Waals surface area (Å²) in [5.74, 6) is 1.20. The molecule has 1 heterocycles. The molecule has 2 N–H and O–H groups in total. The quantitative estimate of drug-likeness (QED) is 0.881. The van der Waals surface area contributed by atoms with Crippen LogP contribution in [0.2, 0.25) is 0 Å². The molecule has 0 atom stereocenters. The molecule has 22 heavy (non-hydrogen) atoms. The van der Waals surface area contributed by atoms with Gasteiger partial charge < -0.3 is 10.6 Å². The minimum Gasteiger partial charge on any atom is -0.353 e. The lowest BCUT2D eigenvalue weighted by Crippen LogP contribution is -2.11. The Hall–Kier alpha value is -2.38. The molecule has 0 spiro atoms. The number of benzene rings is 1. The number of alkyl halides is 3. The second kappa shape index (κ2) is 6.59. The monoisotopic (exact) mass is 311 g/mol. The van der Waals surface area contributed by atoms with E-state index in [0.29, 0.717) is 29.9 Å². The van der Waals surface area contributed by atoms with E-state index in [0.717, 1.165) is 12.1 Å². The predicted molar refractivity (Wildman–Crippen MR) is 77.9 cm³/mol. The molecule has 8 heteroatoms. The molecule has 0 bridgehead atoms. The smallest absolute Gasteiger partial charge is 0.353 e. The van der Waals surface area contributed by atoms with Gasteiger partial charge in [0, 0.05) is 12.2 Å². The van der Waals surface area contributed by atoms with Crippen LogP contribution in [0.3, 0.4) is 0 Å². The van der Waals surface area contributed by atoms with Crippen LogP contribution in [0.4, 0.5) is 30.6 Å². The van der Waals surface area contributed by atoms with E-state index in [-0.39, 0.29) is 0 Å². The maximum absolute atomic E-state index is 12.5. The van der Waals surface area contributed by atoms with Crippen LogP contribution < -0.4 is 10.6 Å². The maximum atomic E-state index is 12.5. The van der Waals surface area contributed by atoms with Crippen LogP contribution in [-0.4, -0.2) is 21.7 Å². The molecule has 118 valence electrons. The Morgan fingerprint density at radius 3 is 2.41 bits per heavy atom. The summed E-state index contributed by atoms with van der Waals surface area (Å²) in [6, 6.07) is 4.70. The fourth-order valence-electron chi connectivity index (χ4n) is 1.62. The topological polar surface area (TPSA) is 62.7 Å². The molecular formula is C14H16F3N5. The first-order valence-corrected chi connectivity index (χ1v) is 6.72. The molecule has 0 aliphatic rings. The fourth-order valence-corrected chi connectivity index (χ4v) is 1.62. The van der Waals surface area contributed by atoms with Gasteiger partial charge in [0.2, 0.25) is 5.95 Å². The zero-order valence-corrected chi connectivity index (χ0v) is 12.1. The van der Waals surface area contributed by atoms with Gasteiger partial charge in [-0.25, -0.2) is 0 Å². The molecule has 0 saturated carbocycles. The van der Waals surface area contributed by atoms with E-state index in [1.165, 1.54) is 18.3 Å². The zero-order valence-electron chi connectivity index (χ0n) is 12.1. The SMILES string of the molecule is CC(C)CNc1nncc(Nc2ccc(C(F)(F)F)cc2)n1. The third-order valence-corrected chi connectivity index (χ3v) is 2.71. The van der Waals surface area contributed by atoms with Gasteiger partial charge in [0.25, 0.3) is 0 Å². The Morgan fingerprint density at radius 1 is 1.14 bits per heavy atom. The van der Waals surface area contributed by atoms with E-state index in [2.05, 4.69) is 25.8 Å². The molecule has 0 aliphatic carbocycles. The molecule has 0 amide bonds. The average molecular weight is 311 g/mol. The van der Waals surface area contributed by atoms with Crippen molar-refractivity contribution in [1.29, 1.82) is 0 Å². The van der Waals surface area contributed by atoms with Gasteiger partial charge in [0.1, 0.15) is 0 Å². The molecule has 1 aromatic carbocycles. The number of nitrogens with zero attached hydrogens (tertiary/aromatic N) is 3. The van der Waals surface area contributed by atoms with Crippen LogP contribution in [0.25, 0.3) is 0 Å². The van der Waals surface area contributed by atoms with E-state index >= 15 is 0 Å². The number of anilines is 3. The molecule has 0 radical (unpaired) electrons. The highest BCUT2D eigenvalue weighted by Gasteiger charge is 2.29. The summed E-state index contributed by atoms with van der Waals surface area (Å²) >= 11 is 0. The summed E-state index contributed by atoms with van der Waals surface area (Å²) in [5.41, 5.74) is -0.207. The van der Waals surface area contributed by atoms with Gasteiger partial charge in [0.15, 0.2) is 5.82 Å². The molecule has 5 nitrogen and oxygen atoms in total. The highest BCUT2D eigenvalue weighted by atomic mass is 19.4. The second-order valence-corrected chi connectivity index (χ2v) is 5.14. The first-order chi connectivity index (χ1) is 10.3. The van der Waals surface area contributed by atoms with Gasteiger partial charge >= 0.3 is 6.18 Å². The minimum atomic E-state index is -4.34. The third kappa shape index (κ3) is 4.57. The van der Waals surface area contributed by atoms with Gasteiger partial charge in [-0.2, -0.15) is 23.3 Å². The predicted octanol–water partition coefficient (Wildman–Crippen LogP) is 3.70. The molecule has 0 aliphatic heterocycles. The third-order valence-electron chi connectivity index (χ3n) is 2.71. The van der Waals surface area contributed by atoms with Crippen LogP contribution in [0.1, 0.15) is 19.4 Å². The first kappa shape index (κ1) is 16.0. The summed E-state index contributed by atoms with van der Waals surface area (Å²) in [6.07, 6.45) is -2.94. The van der Waals surface area contributed by atoms with Gasteiger partial charge in [-0.1, -0.05) is 13.8 Å². The van der Waals surface area contributed by atoms with Crippen molar-refractivity contribution in [2.45, 2.75) is 20.0 Å². The number of hydrogen-bond donors (Lipinski definition) is 2. The number of hydrogen-bond acceptors (Lipinski definition) is 5. The van der Waals surface area contributed by atoms with Crippen molar-refractivity contribution >= 4 is 17.5 Å². The molecule has 2 aromatic rings. The van der Waals surface area contributed by atoms with Crippen molar-refractivity contribution in [2.75, 3.05) is 17.2 Å². The molecule has 0 unspecified atom stereocenters. The summed E-state index contributed by atoms with van der Waals surface area (Å²) < 4.78 is 37.5. The minimum absolute atomic E-state index is 0.366. The van der Waals surface area contributed by atoms with Gasteiger partial charge in [0.05, 0.1) is 11.8 Å². The number of rotatable bonds is 5. The average Bonchev–Trinajstić information content (AvgIpc) is 2.45. The molecule has 0 fully saturated rings. The van der Waals surface area contributed by atoms with E-state index in [1.54, 1.807) is 0 Å². The van der Waals surface area contributed by atoms with Crippen molar-refractivity contribution in [3.05, 3.63) is 36.0 Å². The number of nitrogens with one attached hydrogen (secondary N) is 2. The van der Waals surface area contributed by atoms with Crippen molar-refractivity contribution in [3.8, 4) is 0 Å². The second-order valence-electron chi connectivity index (χ2n) is 5.14. The Balaban J connectivity index is 2.05. The lowest BCUT2D eigenvalue weighted by molar-refractivity contribution is -0.137. The molecular weight excluding hydrogens is 295 g/mol. The van der Waals surface area contributed by atoms with Crippen LogP contribution in [-0.2, 0) is 6.18 Å². The van der Waals surface area contributed by atoms with Crippen LogP contribution in [0, 0.1) is 5.92 Å². The Morgan fingerprint density at radius 2 is 1.82 bits per heavy atom. The Labute approximate surface area is 126 Å².